The highest BCUT2D eigenvalue weighted by atomic mass is 15.1. The Morgan fingerprint density at radius 2 is 2.05 bits per heavy atom. The maximum Gasteiger partial charge on any atom is 0.0574 e. The van der Waals surface area contributed by atoms with Crippen molar-refractivity contribution < 1.29 is 0 Å². The van der Waals surface area contributed by atoms with Crippen molar-refractivity contribution in [3.05, 3.63) is 24.0 Å². The van der Waals surface area contributed by atoms with E-state index in [0.29, 0.717) is 6.04 Å². The molecule has 1 aromatic rings. The van der Waals surface area contributed by atoms with E-state index in [1.165, 1.54) is 50.0 Å². The predicted octanol–water partition coefficient (Wildman–Crippen LogP) is 4.16. The molecule has 1 aliphatic carbocycles. The molecule has 118 valence electrons. The van der Waals surface area contributed by atoms with E-state index in [4.69, 9.17) is 4.98 Å². The van der Waals surface area contributed by atoms with E-state index in [9.17, 15) is 0 Å². The lowest BCUT2D eigenvalue weighted by Crippen LogP contribution is -2.25. The molecule has 0 radical (unpaired) electrons. The molecule has 1 aliphatic rings. The first kappa shape index (κ1) is 16.3. The zero-order valence-electron chi connectivity index (χ0n) is 13.9. The first-order valence-corrected chi connectivity index (χ1v) is 8.65. The van der Waals surface area contributed by atoms with Crippen LogP contribution in [-0.2, 0) is 0 Å². The van der Waals surface area contributed by atoms with Gasteiger partial charge in [0, 0.05) is 19.6 Å². The van der Waals surface area contributed by atoms with Gasteiger partial charge in [0.1, 0.15) is 0 Å². The lowest BCUT2D eigenvalue weighted by atomic mass is 10.1. The number of aromatic nitrogens is 1. The van der Waals surface area contributed by atoms with Crippen molar-refractivity contribution in [1.82, 2.24) is 10.3 Å². The number of hydrogen-bond donors (Lipinski definition) is 1. The van der Waals surface area contributed by atoms with Crippen LogP contribution in [0.1, 0.15) is 64.1 Å². The van der Waals surface area contributed by atoms with Crippen molar-refractivity contribution in [2.45, 2.75) is 58.4 Å². The number of nitrogens with zero attached hydrogens (tertiary/aromatic N) is 2. The monoisotopic (exact) mass is 289 g/mol. The van der Waals surface area contributed by atoms with Gasteiger partial charge in [-0.1, -0.05) is 26.7 Å². The van der Waals surface area contributed by atoms with Crippen LogP contribution in [0.15, 0.2) is 18.3 Å². The molecule has 1 unspecified atom stereocenters. The van der Waals surface area contributed by atoms with Gasteiger partial charge < -0.3 is 10.2 Å². The van der Waals surface area contributed by atoms with E-state index in [-0.39, 0.29) is 0 Å². The molecular formula is C18H31N3. The van der Waals surface area contributed by atoms with Crippen LogP contribution in [0.2, 0.25) is 0 Å². The van der Waals surface area contributed by atoms with E-state index >= 15 is 0 Å². The molecule has 1 heterocycles. The van der Waals surface area contributed by atoms with Gasteiger partial charge in [0.25, 0.3) is 0 Å². The third kappa shape index (κ3) is 4.70. The second-order valence-corrected chi connectivity index (χ2v) is 6.39. The summed E-state index contributed by atoms with van der Waals surface area (Å²) in [6, 6.07) is 4.81. The second kappa shape index (κ2) is 8.38. The molecular weight excluding hydrogens is 258 g/mol. The van der Waals surface area contributed by atoms with Crippen LogP contribution >= 0.6 is 0 Å². The average molecular weight is 289 g/mol. The van der Waals surface area contributed by atoms with Gasteiger partial charge in [-0.15, -0.1) is 0 Å². The minimum absolute atomic E-state index is 0.388. The van der Waals surface area contributed by atoms with Gasteiger partial charge in [0.2, 0.25) is 0 Å². The summed E-state index contributed by atoms with van der Waals surface area (Å²) in [6.45, 7) is 6.65. The van der Waals surface area contributed by atoms with Gasteiger partial charge in [-0.25, -0.2) is 0 Å². The molecule has 0 spiro atoms. The normalized spacial score (nSPS) is 17.1. The SMILES string of the molecule is CCCNC(CC)c1ccc(N(C)CC2CCCC2)cn1. The average Bonchev–Trinajstić information content (AvgIpc) is 3.01. The summed E-state index contributed by atoms with van der Waals surface area (Å²) < 4.78 is 0. The fraction of sp³-hybridized carbons (Fsp3) is 0.722. The highest BCUT2D eigenvalue weighted by Crippen LogP contribution is 2.27. The molecule has 0 saturated heterocycles. The molecule has 3 nitrogen and oxygen atoms in total. The van der Waals surface area contributed by atoms with Gasteiger partial charge >= 0.3 is 0 Å². The smallest absolute Gasteiger partial charge is 0.0574 e. The molecule has 0 aromatic carbocycles. The lowest BCUT2D eigenvalue weighted by molar-refractivity contribution is 0.507. The van der Waals surface area contributed by atoms with E-state index in [1.54, 1.807) is 0 Å². The van der Waals surface area contributed by atoms with Crippen molar-refractivity contribution >= 4 is 5.69 Å². The Bertz CT molecular complexity index is 395. The summed E-state index contributed by atoms with van der Waals surface area (Å²) in [6.07, 6.45) is 9.92. The Morgan fingerprint density at radius 3 is 2.62 bits per heavy atom. The highest BCUT2D eigenvalue weighted by molar-refractivity contribution is 5.44. The number of hydrogen-bond acceptors (Lipinski definition) is 3. The fourth-order valence-electron chi connectivity index (χ4n) is 3.29. The summed E-state index contributed by atoms with van der Waals surface area (Å²) in [7, 11) is 2.20. The Morgan fingerprint density at radius 1 is 1.29 bits per heavy atom. The third-order valence-electron chi connectivity index (χ3n) is 4.62. The van der Waals surface area contributed by atoms with Gasteiger partial charge in [-0.3, -0.25) is 4.98 Å². The molecule has 1 N–H and O–H groups in total. The van der Waals surface area contributed by atoms with Gasteiger partial charge in [0.15, 0.2) is 0 Å². The van der Waals surface area contributed by atoms with Crippen LogP contribution in [0.4, 0.5) is 5.69 Å². The number of nitrogens with one attached hydrogen (secondary N) is 1. The van der Waals surface area contributed by atoms with Crippen molar-refractivity contribution in [2.24, 2.45) is 5.92 Å². The minimum atomic E-state index is 0.388. The predicted molar refractivity (Wildman–Crippen MR) is 90.8 cm³/mol. The van der Waals surface area contributed by atoms with Crippen LogP contribution in [0.5, 0.6) is 0 Å². The zero-order chi connectivity index (χ0) is 15.1. The molecule has 2 rings (SSSR count). The van der Waals surface area contributed by atoms with Crippen molar-refractivity contribution in [3.8, 4) is 0 Å². The summed E-state index contributed by atoms with van der Waals surface area (Å²) in [5.41, 5.74) is 2.42. The molecule has 1 atom stereocenters. The first-order valence-electron chi connectivity index (χ1n) is 8.65. The Balaban J connectivity index is 1.93. The molecule has 0 bridgehead atoms. The van der Waals surface area contributed by atoms with Crippen LogP contribution in [0.3, 0.4) is 0 Å². The van der Waals surface area contributed by atoms with Crippen LogP contribution < -0.4 is 10.2 Å². The third-order valence-corrected chi connectivity index (χ3v) is 4.62. The lowest BCUT2D eigenvalue weighted by Gasteiger charge is -2.23. The molecule has 0 aliphatic heterocycles. The van der Waals surface area contributed by atoms with E-state index in [0.717, 1.165) is 18.9 Å². The number of anilines is 1. The summed E-state index contributed by atoms with van der Waals surface area (Å²) in [5.74, 6) is 0.879. The van der Waals surface area contributed by atoms with Gasteiger partial charge in [-0.05, 0) is 50.3 Å². The first-order chi connectivity index (χ1) is 10.2. The van der Waals surface area contributed by atoms with Crippen LogP contribution in [0, 0.1) is 5.92 Å². The number of rotatable bonds is 8. The minimum Gasteiger partial charge on any atom is -0.373 e. The maximum atomic E-state index is 4.69. The van der Waals surface area contributed by atoms with Crippen molar-refractivity contribution in [1.29, 1.82) is 0 Å². The molecule has 1 aromatic heterocycles. The Labute approximate surface area is 130 Å². The zero-order valence-corrected chi connectivity index (χ0v) is 13.9. The molecule has 21 heavy (non-hydrogen) atoms. The summed E-state index contributed by atoms with van der Waals surface area (Å²) >= 11 is 0. The van der Waals surface area contributed by atoms with E-state index in [1.807, 2.05) is 6.20 Å². The fourth-order valence-corrected chi connectivity index (χ4v) is 3.29. The molecule has 0 amide bonds. The number of pyridine rings is 1. The van der Waals surface area contributed by atoms with Crippen molar-refractivity contribution in [3.63, 3.8) is 0 Å². The summed E-state index contributed by atoms with van der Waals surface area (Å²) in [5, 5.41) is 3.57. The highest BCUT2D eigenvalue weighted by Gasteiger charge is 2.17. The van der Waals surface area contributed by atoms with E-state index < -0.39 is 0 Å². The standard InChI is InChI=1S/C18H31N3/c1-4-12-19-17(5-2)18-11-10-16(13-20-18)21(3)14-15-8-6-7-9-15/h10-11,13,15,17,19H,4-9,12,14H2,1-3H3. The molecule has 3 heteroatoms. The largest absolute Gasteiger partial charge is 0.373 e. The van der Waals surface area contributed by atoms with E-state index in [2.05, 4.69) is 43.2 Å². The van der Waals surface area contributed by atoms with Gasteiger partial charge in [-0.2, -0.15) is 0 Å². The quantitative estimate of drug-likeness (QED) is 0.779. The Kier molecular flexibility index (Phi) is 6.50. The van der Waals surface area contributed by atoms with Crippen molar-refractivity contribution in [2.75, 3.05) is 25.0 Å². The van der Waals surface area contributed by atoms with Crippen LogP contribution in [0.25, 0.3) is 0 Å². The summed E-state index contributed by atoms with van der Waals surface area (Å²) in [4.78, 5) is 7.06. The second-order valence-electron chi connectivity index (χ2n) is 6.39. The Hall–Kier alpha value is -1.09. The molecule has 1 fully saturated rings. The van der Waals surface area contributed by atoms with Gasteiger partial charge in [0.05, 0.1) is 17.6 Å². The molecule has 1 saturated carbocycles. The maximum absolute atomic E-state index is 4.69. The van der Waals surface area contributed by atoms with Crippen LogP contribution in [-0.4, -0.2) is 25.1 Å². The topological polar surface area (TPSA) is 28.2 Å².